The lowest BCUT2D eigenvalue weighted by atomic mass is 9.95. The van der Waals surface area contributed by atoms with Crippen LogP contribution in [-0.4, -0.2) is 31.4 Å². The average molecular weight is 493 g/mol. The van der Waals surface area contributed by atoms with E-state index >= 15 is 0 Å². The van der Waals surface area contributed by atoms with Gasteiger partial charge in [-0.05, 0) is 86.2 Å². The van der Waals surface area contributed by atoms with Crippen molar-refractivity contribution < 1.29 is 9.59 Å². The third-order valence-electron chi connectivity index (χ3n) is 5.61. The van der Waals surface area contributed by atoms with Crippen molar-refractivity contribution in [1.29, 1.82) is 0 Å². The molecule has 1 aliphatic heterocycles. The van der Waals surface area contributed by atoms with Gasteiger partial charge in [-0.15, -0.1) is 0 Å². The zero-order valence-electron chi connectivity index (χ0n) is 22.5. The number of fused-ring (bicyclic) bond motifs is 1. The minimum Gasteiger partial charge on any atom is -0.399 e. The van der Waals surface area contributed by atoms with E-state index in [2.05, 4.69) is 18.0 Å². The highest BCUT2D eigenvalue weighted by molar-refractivity contribution is 5.95. The van der Waals surface area contributed by atoms with Crippen LogP contribution in [0.5, 0.6) is 0 Å². The first-order chi connectivity index (χ1) is 17.4. The van der Waals surface area contributed by atoms with Gasteiger partial charge in [0, 0.05) is 37.0 Å². The fourth-order valence-corrected chi connectivity index (χ4v) is 3.88. The highest BCUT2D eigenvalue weighted by atomic mass is 16.2. The molecule has 5 N–H and O–H groups in total. The van der Waals surface area contributed by atoms with E-state index in [1.54, 1.807) is 13.0 Å². The van der Waals surface area contributed by atoms with Crippen LogP contribution in [0.25, 0.3) is 11.1 Å². The number of rotatable bonds is 8. The number of nitrogens with one attached hydrogen (secondary N) is 1. The molecule has 6 heteroatoms. The Bertz CT molecular complexity index is 997. The molecule has 0 bridgehead atoms. The zero-order chi connectivity index (χ0) is 26.9. The predicted octanol–water partition coefficient (Wildman–Crippen LogP) is 5.57. The van der Waals surface area contributed by atoms with E-state index < -0.39 is 0 Å². The number of aryl methyl sites for hydroxylation is 1. The van der Waals surface area contributed by atoms with Crippen molar-refractivity contribution in [3.05, 3.63) is 78.0 Å². The predicted molar refractivity (Wildman–Crippen MR) is 153 cm³/mol. The fraction of sp³-hybridized carbons (Fsp3) is 0.400. The molecule has 1 heterocycles. The second-order valence-corrected chi connectivity index (χ2v) is 8.38. The van der Waals surface area contributed by atoms with Crippen molar-refractivity contribution in [2.75, 3.05) is 24.5 Å². The molecule has 0 spiro atoms. The minimum atomic E-state index is -0.0400. The fourth-order valence-electron chi connectivity index (χ4n) is 3.88. The smallest absolute Gasteiger partial charge is 0.251 e. The van der Waals surface area contributed by atoms with Crippen LogP contribution in [0.2, 0.25) is 0 Å². The molecule has 2 aromatic carbocycles. The first-order valence-electron chi connectivity index (χ1n) is 12.9. The average Bonchev–Trinajstić information content (AvgIpc) is 2.89. The first kappa shape index (κ1) is 30.7. The van der Waals surface area contributed by atoms with E-state index in [4.69, 9.17) is 11.5 Å². The number of carbonyl (C=O) groups is 2. The van der Waals surface area contributed by atoms with Crippen LogP contribution in [0.3, 0.4) is 0 Å². The van der Waals surface area contributed by atoms with E-state index in [1.807, 2.05) is 68.1 Å². The monoisotopic (exact) mass is 492 g/mol. The van der Waals surface area contributed by atoms with Gasteiger partial charge in [-0.1, -0.05) is 51.1 Å². The number of hydrogen-bond acceptors (Lipinski definition) is 4. The molecule has 196 valence electrons. The summed E-state index contributed by atoms with van der Waals surface area (Å²) < 4.78 is 0. The second kappa shape index (κ2) is 17.1. The van der Waals surface area contributed by atoms with E-state index in [-0.39, 0.29) is 11.8 Å². The Balaban J connectivity index is 0.000000710. The topological polar surface area (TPSA) is 101 Å². The van der Waals surface area contributed by atoms with E-state index in [0.717, 1.165) is 55.5 Å². The number of amides is 2. The van der Waals surface area contributed by atoms with Gasteiger partial charge >= 0.3 is 0 Å². The van der Waals surface area contributed by atoms with Gasteiger partial charge in [0.25, 0.3) is 5.91 Å². The molecule has 0 radical (unpaired) electrons. The first-order valence-corrected chi connectivity index (χ1v) is 12.9. The molecular formula is C30H44N4O2. The molecule has 0 saturated carbocycles. The number of unbranched alkanes of at least 4 members (excludes halogenated alkanes) is 2. The zero-order valence-corrected chi connectivity index (χ0v) is 22.5. The van der Waals surface area contributed by atoms with Gasteiger partial charge in [0.1, 0.15) is 0 Å². The summed E-state index contributed by atoms with van der Waals surface area (Å²) in [6.07, 6.45) is 8.55. The Morgan fingerprint density at radius 3 is 2.28 bits per heavy atom. The molecule has 2 aromatic rings. The summed E-state index contributed by atoms with van der Waals surface area (Å²) in [6, 6.07) is 13.9. The largest absolute Gasteiger partial charge is 0.399 e. The maximum atomic E-state index is 12.2. The van der Waals surface area contributed by atoms with Crippen molar-refractivity contribution in [2.45, 2.75) is 59.8 Å². The molecule has 0 fully saturated rings. The van der Waals surface area contributed by atoms with Crippen LogP contribution in [0.4, 0.5) is 5.69 Å². The van der Waals surface area contributed by atoms with Crippen LogP contribution in [0.1, 0.15) is 69.3 Å². The molecule has 3 rings (SSSR count). The number of anilines is 1. The van der Waals surface area contributed by atoms with Gasteiger partial charge in [-0.2, -0.15) is 0 Å². The van der Waals surface area contributed by atoms with Crippen LogP contribution in [0, 0.1) is 0 Å². The molecule has 0 saturated heterocycles. The van der Waals surface area contributed by atoms with Crippen molar-refractivity contribution >= 4 is 17.5 Å². The van der Waals surface area contributed by atoms with Crippen LogP contribution in [0.15, 0.2) is 66.9 Å². The van der Waals surface area contributed by atoms with Crippen molar-refractivity contribution in [2.24, 2.45) is 11.5 Å². The number of nitrogens with two attached hydrogens (primary N) is 2. The highest BCUT2D eigenvalue weighted by Crippen LogP contribution is 2.31. The molecule has 2 amide bonds. The molecule has 0 aliphatic carbocycles. The molecule has 6 nitrogen and oxygen atoms in total. The highest BCUT2D eigenvalue weighted by Gasteiger charge is 2.20. The summed E-state index contributed by atoms with van der Waals surface area (Å²) in [5.41, 5.74) is 16.3. The molecule has 36 heavy (non-hydrogen) atoms. The summed E-state index contributed by atoms with van der Waals surface area (Å²) in [5.74, 6) is 0.0499. The molecule has 0 unspecified atom stereocenters. The summed E-state index contributed by atoms with van der Waals surface area (Å²) in [4.78, 5) is 25.9. The van der Waals surface area contributed by atoms with Crippen molar-refractivity contribution in [3.63, 3.8) is 0 Å². The molecule has 1 aliphatic rings. The molecule has 0 atom stereocenters. The van der Waals surface area contributed by atoms with Crippen molar-refractivity contribution in [1.82, 2.24) is 5.32 Å². The lowest BCUT2D eigenvalue weighted by molar-refractivity contribution is -0.116. The summed E-state index contributed by atoms with van der Waals surface area (Å²) in [7, 11) is 0. The lowest BCUT2D eigenvalue weighted by Crippen LogP contribution is -2.33. The van der Waals surface area contributed by atoms with Gasteiger partial charge < -0.3 is 21.7 Å². The normalized spacial score (nSPS) is 12.0. The maximum absolute atomic E-state index is 12.2. The van der Waals surface area contributed by atoms with E-state index in [1.165, 1.54) is 5.56 Å². The van der Waals surface area contributed by atoms with E-state index in [9.17, 15) is 9.59 Å². The summed E-state index contributed by atoms with van der Waals surface area (Å²) in [6.45, 7) is 13.1. The Morgan fingerprint density at radius 1 is 1.06 bits per heavy atom. The maximum Gasteiger partial charge on any atom is 0.251 e. The molecule has 0 aromatic heterocycles. The number of allylic oxidation sites excluding steroid dienone is 2. The van der Waals surface area contributed by atoms with Gasteiger partial charge in [0.15, 0.2) is 0 Å². The number of hydrogen-bond donors (Lipinski definition) is 3. The van der Waals surface area contributed by atoms with Gasteiger partial charge in [0.2, 0.25) is 5.91 Å². The SMILES string of the molecule is C=C(N)/C=C\C.CC.CC(=O)N1CCCc2cc(-c3ccc(C(=O)NCCCCCN)cc3)ccc21. The number of carbonyl (C=O) groups excluding carboxylic acids is 2. The van der Waals surface area contributed by atoms with Crippen LogP contribution >= 0.6 is 0 Å². The third-order valence-corrected chi connectivity index (χ3v) is 5.61. The summed E-state index contributed by atoms with van der Waals surface area (Å²) >= 11 is 0. The lowest BCUT2D eigenvalue weighted by Gasteiger charge is -2.29. The number of benzene rings is 2. The van der Waals surface area contributed by atoms with E-state index in [0.29, 0.717) is 24.4 Å². The Kier molecular flexibility index (Phi) is 14.6. The van der Waals surface area contributed by atoms with Crippen LogP contribution in [-0.2, 0) is 11.2 Å². The second-order valence-electron chi connectivity index (χ2n) is 8.38. The van der Waals surface area contributed by atoms with Crippen LogP contribution < -0.4 is 21.7 Å². The minimum absolute atomic E-state index is 0.0400. The van der Waals surface area contributed by atoms with Gasteiger partial charge in [0.05, 0.1) is 0 Å². The standard InChI is InChI=1S/C23H29N3O2.C5H9N.C2H6/c1-17(27)26-15-5-6-21-16-20(11-12-22(21)26)18-7-9-19(10-8-18)23(28)25-14-4-2-3-13-24;1-3-4-5(2)6;1-2/h7-12,16H,2-6,13-15,24H2,1H3,(H,25,28);3-4H,2,6H2,1H3;1-2H3/b;4-3-;. The van der Waals surface area contributed by atoms with Gasteiger partial charge in [-0.3, -0.25) is 9.59 Å². The quantitative estimate of drug-likeness (QED) is 0.331. The summed E-state index contributed by atoms with van der Waals surface area (Å²) in [5, 5.41) is 2.96. The van der Waals surface area contributed by atoms with Crippen molar-refractivity contribution in [3.8, 4) is 11.1 Å². The molecular weight excluding hydrogens is 448 g/mol. The Morgan fingerprint density at radius 2 is 1.72 bits per heavy atom. The third kappa shape index (κ3) is 10.1. The number of nitrogens with zero attached hydrogens (tertiary/aromatic N) is 1. The Labute approximate surface area is 217 Å². The van der Waals surface area contributed by atoms with Gasteiger partial charge in [-0.25, -0.2) is 0 Å². The Hall–Kier alpha value is -3.38.